The van der Waals surface area contributed by atoms with E-state index in [-0.39, 0.29) is 0 Å². The highest BCUT2D eigenvalue weighted by Crippen LogP contribution is 2.24. The van der Waals surface area contributed by atoms with Gasteiger partial charge >= 0.3 is 0 Å². The molecular weight excluding hydrogens is 238 g/mol. The normalized spacial score (nSPS) is 16.7. The number of hydrogen-bond acceptors (Lipinski definition) is 3. The maximum Gasteiger partial charge on any atom is 0.249 e. The second-order valence-electron chi connectivity index (χ2n) is 4.32. The first kappa shape index (κ1) is 11.5. The molecule has 4 nitrogen and oxygen atoms in total. The molecule has 0 aromatic heterocycles. The number of primary amides is 1. The van der Waals surface area contributed by atoms with Crippen LogP contribution in [0.2, 0.25) is 0 Å². The number of allylic oxidation sites excluding steroid dienone is 2. The molecule has 0 fully saturated rings. The Morgan fingerprint density at radius 1 is 1.26 bits per heavy atom. The van der Waals surface area contributed by atoms with Crippen molar-refractivity contribution in [2.24, 2.45) is 10.7 Å². The summed E-state index contributed by atoms with van der Waals surface area (Å²) in [5.74, 6) is 0.442. The van der Waals surface area contributed by atoms with Crippen LogP contribution in [0.4, 0.5) is 0 Å². The lowest BCUT2D eigenvalue weighted by Crippen LogP contribution is -2.28. The molecule has 0 bridgehead atoms. The van der Waals surface area contributed by atoms with Crippen LogP contribution in [0.15, 0.2) is 59.8 Å². The summed E-state index contributed by atoms with van der Waals surface area (Å²) in [5, 5.41) is 0. The predicted octanol–water partition coefficient (Wildman–Crippen LogP) is 1.92. The van der Waals surface area contributed by atoms with Gasteiger partial charge in [-0.3, -0.25) is 4.79 Å². The zero-order valence-corrected chi connectivity index (χ0v) is 10.3. The molecule has 2 heterocycles. The van der Waals surface area contributed by atoms with E-state index in [0.717, 1.165) is 23.6 Å². The van der Waals surface area contributed by atoms with Crippen LogP contribution in [-0.2, 0) is 0 Å². The zero-order valence-electron chi connectivity index (χ0n) is 10.3. The molecule has 0 saturated carbocycles. The highest BCUT2D eigenvalue weighted by atomic mass is 16.1. The molecular formula is C15H13N3O. The molecule has 0 radical (unpaired) electrons. The summed E-state index contributed by atoms with van der Waals surface area (Å²) in [5.41, 5.74) is 7.48. The fourth-order valence-electron chi connectivity index (χ4n) is 2.17. The Bertz CT molecular complexity index is 653. The number of carbonyl (C=O) groups excluding carboxylic acids is 1. The van der Waals surface area contributed by atoms with Gasteiger partial charge in [0.1, 0.15) is 5.84 Å². The Labute approximate surface area is 111 Å². The van der Waals surface area contributed by atoms with Crippen molar-refractivity contribution in [1.82, 2.24) is 4.90 Å². The lowest BCUT2D eigenvalue weighted by Gasteiger charge is -2.25. The van der Waals surface area contributed by atoms with Gasteiger partial charge in [-0.15, -0.1) is 0 Å². The minimum Gasteiger partial charge on any atom is -0.366 e. The molecule has 1 aromatic carbocycles. The second-order valence-corrected chi connectivity index (χ2v) is 4.32. The highest BCUT2D eigenvalue weighted by Gasteiger charge is 2.17. The third kappa shape index (κ3) is 2.08. The van der Waals surface area contributed by atoms with Gasteiger partial charge in [0.05, 0.1) is 5.70 Å². The first-order valence-electron chi connectivity index (χ1n) is 6.05. The summed E-state index contributed by atoms with van der Waals surface area (Å²) in [4.78, 5) is 18.1. The van der Waals surface area contributed by atoms with Crippen molar-refractivity contribution in [2.45, 2.75) is 0 Å². The topological polar surface area (TPSA) is 58.7 Å². The largest absolute Gasteiger partial charge is 0.366 e. The maximum absolute atomic E-state index is 11.5. The van der Waals surface area contributed by atoms with E-state index in [9.17, 15) is 4.79 Å². The van der Waals surface area contributed by atoms with Gasteiger partial charge in [0.25, 0.3) is 0 Å². The minimum absolute atomic E-state index is 0.432. The van der Waals surface area contributed by atoms with Crippen molar-refractivity contribution in [3.05, 3.63) is 65.9 Å². The number of rotatable bonds is 2. The van der Waals surface area contributed by atoms with E-state index in [2.05, 4.69) is 4.99 Å². The molecule has 94 valence electrons. The smallest absolute Gasteiger partial charge is 0.249 e. The van der Waals surface area contributed by atoms with Crippen molar-refractivity contribution in [3.63, 3.8) is 0 Å². The first-order valence-corrected chi connectivity index (χ1v) is 6.05. The summed E-state index contributed by atoms with van der Waals surface area (Å²) in [6, 6.07) is 7.27. The molecule has 1 amide bonds. The summed E-state index contributed by atoms with van der Waals surface area (Å²) in [6.07, 6.45) is 9.83. The number of benzene rings is 1. The average Bonchev–Trinajstić information content (AvgIpc) is 2.46. The van der Waals surface area contributed by atoms with Crippen molar-refractivity contribution < 1.29 is 4.79 Å². The second kappa shape index (κ2) is 4.57. The van der Waals surface area contributed by atoms with Crippen LogP contribution < -0.4 is 5.73 Å². The van der Waals surface area contributed by atoms with E-state index in [0.29, 0.717) is 5.56 Å². The van der Waals surface area contributed by atoms with E-state index >= 15 is 0 Å². The number of carbonyl (C=O) groups is 1. The maximum atomic E-state index is 11.5. The Kier molecular flexibility index (Phi) is 2.76. The van der Waals surface area contributed by atoms with Crippen molar-refractivity contribution in [2.75, 3.05) is 6.54 Å². The Morgan fingerprint density at radius 3 is 2.95 bits per heavy atom. The molecule has 3 rings (SSSR count). The Morgan fingerprint density at radius 2 is 2.11 bits per heavy atom. The van der Waals surface area contributed by atoms with Crippen LogP contribution in [0.5, 0.6) is 0 Å². The molecule has 0 atom stereocenters. The monoisotopic (exact) mass is 251 g/mol. The quantitative estimate of drug-likeness (QED) is 0.873. The number of amides is 1. The van der Waals surface area contributed by atoms with Crippen LogP contribution in [0.1, 0.15) is 15.9 Å². The zero-order chi connectivity index (χ0) is 13.2. The van der Waals surface area contributed by atoms with Crippen molar-refractivity contribution in [3.8, 4) is 0 Å². The number of fused-ring (bicyclic) bond motifs is 1. The lowest BCUT2D eigenvalue weighted by molar-refractivity contribution is 0.1000. The molecule has 0 saturated heterocycles. The third-order valence-electron chi connectivity index (χ3n) is 3.10. The van der Waals surface area contributed by atoms with E-state index < -0.39 is 5.91 Å². The van der Waals surface area contributed by atoms with Crippen molar-refractivity contribution in [1.29, 1.82) is 0 Å². The fraction of sp³-hybridized carbons (Fsp3) is 0.0667. The number of hydrogen-bond donors (Lipinski definition) is 1. The predicted molar refractivity (Wildman–Crippen MR) is 75.4 cm³/mol. The van der Waals surface area contributed by atoms with Crippen LogP contribution in [0.25, 0.3) is 5.70 Å². The highest BCUT2D eigenvalue weighted by molar-refractivity contribution is 6.03. The van der Waals surface area contributed by atoms with Crippen LogP contribution in [0.3, 0.4) is 0 Å². The van der Waals surface area contributed by atoms with Crippen LogP contribution in [-0.4, -0.2) is 23.2 Å². The molecule has 2 N–H and O–H groups in total. The summed E-state index contributed by atoms with van der Waals surface area (Å²) < 4.78 is 0. The van der Waals surface area contributed by atoms with Gasteiger partial charge < -0.3 is 10.6 Å². The number of nitrogens with two attached hydrogens (primary N) is 1. The van der Waals surface area contributed by atoms with E-state index in [1.165, 1.54) is 0 Å². The Hall–Kier alpha value is -2.62. The van der Waals surface area contributed by atoms with Crippen LogP contribution >= 0.6 is 0 Å². The molecule has 0 spiro atoms. The van der Waals surface area contributed by atoms with Gasteiger partial charge in [0.15, 0.2) is 0 Å². The third-order valence-corrected chi connectivity index (χ3v) is 3.10. The molecule has 1 aromatic rings. The van der Waals surface area contributed by atoms with Gasteiger partial charge in [-0.25, -0.2) is 4.99 Å². The lowest BCUT2D eigenvalue weighted by atomic mass is 10.0. The molecule has 0 aliphatic carbocycles. The number of aliphatic imine (C=N–C) groups is 1. The standard InChI is InChI=1S/C15H13N3O/c16-15(19)12-6-2-1-5-11(12)13-8-10-18-9-4-3-7-14(18)17-13/h1-9H,10H2,(H2,16,19). The minimum atomic E-state index is -0.432. The summed E-state index contributed by atoms with van der Waals surface area (Å²) in [7, 11) is 0. The van der Waals surface area contributed by atoms with E-state index in [1.54, 1.807) is 12.1 Å². The SMILES string of the molecule is NC(=O)c1ccccc1C1=CCN2C=CC=CC2=N1. The molecule has 0 unspecified atom stereocenters. The number of amidine groups is 1. The molecule has 2 aliphatic rings. The van der Waals surface area contributed by atoms with Gasteiger partial charge in [0, 0.05) is 23.9 Å². The van der Waals surface area contributed by atoms with Crippen LogP contribution in [0, 0.1) is 0 Å². The van der Waals surface area contributed by atoms with E-state index in [1.807, 2.05) is 47.5 Å². The van der Waals surface area contributed by atoms with Crippen molar-refractivity contribution >= 4 is 17.4 Å². The first-order chi connectivity index (χ1) is 9.25. The van der Waals surface area contributed by atoms with Gasteiger partial charge in [-0.1, -0.05) is 24.3 Å². The molecule has 2 aliphatic heterocycles. The van der Waals surface area contributed by atoms with Gasteiger partial charge in [-0.2, -0.15) is 0 Å². The number of nitrogens with zero attached hydrogens (tertiary/aromatic N) is 2. The van der Waals surface area contributed by atoms with Gasteiger partial charge in [0.2, 0.25) is 5.91 Å². The fourth-order valence-corrected chi connectivity index (χ4v) is 2.17. The van der Waals surface area contributed by atoms with E-state index in [4.69, 9.17) is 5.73 Å². The molecule has 19 heavy (non-hydrogen) atoms. The Balaban J connectivity index is 2.03. The summed E-state index contributed by atoms with van der Waals surface area (Å²) in [6.45, 7) is 0.738. The summed E-state index contributed by atoms with van der Waals surface area (Å²) >= 11 is 0. The average molecular weight is 251 g/mol. The van der Waals surface area contributed by atoms with Gasteiger partial charge in [-0.05, 0) is 24.3 Å². The molecule has 4 heteroatoms.